The Hall–Kier alpha value is -2.94. The van der Waals surface area contributed by atoms with Gasteiger partial charge in [-0.2, -0.15) is 0 Å². The lowest BCUT2D eigenvalue weighted by molar-refractivity contribution is -0.121. The highest BCUT2D eigenvalue weighted by Gasteiger charge is 2.15. The van der Waals surface area contributed by atoms with Crippen molar-refractivity contribution in [2.75, 3.05) is 21.3 Å². The first-order chi connectivity index (χ1) is 14.3. The first kappa shape index (κ1) is 23.3. The van der Waals surface area contributed by atoms with Gasteiger partial charge in [-0.15, -0.1) is 0 Å². The quantitative estimate of drug-likeness (QED) is 0.563. The van der Waals surface area contributed by atoms with E-state index in [4.69, 9.17) is 18.9 Å². The number of carbonyl (C=O) groups is 2. The van der Waals surface area contributed by atoms with Crippen LogP contribution in [-0.2, 0) is 11.2 Å². The Morgan fingerprint density at radius 3 is 2.10 bits per heavy atom. The van der Waals surface area contributed by atoms with Crippen LogP contribution < -0.4 is 29.8 Å². The molecule has 0 fully saturated rings. The number of methoxy groups -OCH3 is 3. The lowest BCUT2D eigenvalue weighted by Crippen LogP contribution is -2.42. The van der Waals surface area contributed by atoms with E-state index in [1.54, 1.807) is 30.3 Å². The van der Waals surface area contributed by atoms with Crippen LogP contribution in [0.5, 0.6) is 23.0 Å². The average molecular weight is 481 g/mol. The number of nitrogens with one attached hydrogen (secondary N) is 2. The van der Waals surface area contributed by atoms with Crippen LogP contribution in [-0.4, -0.2) is 39.2 Å². The molecular weight excluding hydrogens is 456 g/mol. The highest BCUT2D eigenvalue weighted by atomic mass is 79.9. The van der Waals surface area contributed by atoms with Crippen LogP contribution in [0.4, 0.5) is 0 Å². The van der Waals surface area contributed by atoms with Gasteiger partial charge in [0.1, 0.15) is 0 Å². The molecule has 2 rings (SSSR count). The maximum Gasteiger partial charge on any atom is 0.269 e. The summed E-state index contributed by atoms with van der Waals surface area (Å²) in [6.07, 6.45) is -0.0140. The first-order valence-electron chi connectivity index (χ1n) is 9.13. The summed E-state index contributed by atoms with van der Waals surface area (Å²) in [5.41, 5.74) is 5.79. The van der Waals surface area contributed by atoms with Crippen molar-refractivity contribution in [2.45, 2.75) is 26.4 Å². The van der Waals surface area contributed by atoms with Crippen molar-refractivity contribution in [1.29, 1.82) is 0 Å². The summed E-state index contributed by atoms with van der Waals surface area (Å²) in [6, 6.07) is 8.20. The fourth-order valence-corrected chi connectivity index (χ4v) is 3.07. The van der Waals surface area contributed by atoms with Crippen LogP contribution >= 0.6 is 15.9 Å². The number of amides is 2. The smallest absolute Gasteiger partial charge is 0.269 e. The molecule has 0 aromatic heterocycles. The van der Waals surface area contributed by atoms with Gasteiger partial charge in [0.2, 0.25) is 5.91 Å². The number of rotatable bonds is 8. The summed E-state index contributed by atoms with van der Waals surface area (Å²) < 4.78 is 22.1. The predicted molar refractivity (Wildman–Crippen MR) is 115 cm³/mol. The van der Waals surface area contributed by atoms with Crippen molar-refractivity contribution >= 4 is 27.7 Å². The number of benzene rings is 2. The number of ether oxygens (including phenoxy) is 4. The summed E-state index contributed by atoms with van der Waals surface area (Å²) in [4.78, 5) is 24.7. The van der Waals surface area contributed by atoms with Crippen molar-refractivity contribution in [2.24, 2.45) is 0 Å². The Morgan fingerprint density at radius 2 is 1.50 bits per heavy atom. The third-order valence-electron chi connectivity index (χ3n) is 4.01. The van der Waals surface area contributed by atoms with Gasteiger partial charge in [-0.05, 0) is 49.7 Å². The molecule has 0 radical (unpaired) electrons. The van der Waals surface area contributed by atoms with Gasteiger partial charge in [0.15, 0.2) is 23.0 Å². The van der Waals surface area contributed by atoms with Gasteiger partial charge < -0.3 is 18.9 Å². The second-order valence-corrected chi connectivity index (χ2v) is 7.36. The Labute approximate surface area is 183 Å². The molecule has 0 atom stereocenters. The summed E-state index contributed by atoms with van der Waals surface area (Å²) >= 11 is 3.41. The lowest BCUT2D eigenvalue weighted by Gasteiger charge is -2.15. The molecule has 2 aromatic rings. The molecule has 8 nitrogen and oxygen atoms in total. The van der Waals surface area contributed by atoms with E-state index >= 15 is 0 Å². The molecule has 2 N–H and O–H groups in total. The largest absolute Gasteiger partial charge is 0.493 e. The Kier molecular flexibility index (Phi) is 8.35. The summed E-state index contributed by atoms with van der Waals surface area (Å²) in [5.74, 6) is 1.12. The molecule has 30 heavy (non-hydrogen) atoms. The fourth-order valence-electron chi connectivity index (χ4n) is 2.61. The van der Waals surface area contributed by atoms with E-state index < -0.39 is 11.8 Å². The maximum absolute atomic E-state index is 12.4. The van der Waals surface area contributed by atoms with Crippen LogP contribution in [0.15, 0.2) is 34.8 Å². The molecule has 0 aliphatic rings. The zero-order valence-electron chi connectivity index (χ0n) is 17.5. The Bertz CT molecular complexity index is 917. The van der Waals surface area contributed by atoms with Gasteiger partial charge in [-0.1, -0.05) is 15.9 Å². The third kappa shape index (κ3) is 6.03. The molecule has 0 spiro atoms. The molecule has 2 aromatic carbocycles. The monoisotopic (exact) mass is 480 g/mol. The van der Waals surface area contributed by atoms with Crippen LogP contribution in [0, 0.1) is 0 Å². The zero-order chi connectivity index (χ0) is 22.3. The zero-order valence-corrected chi connectivity index (χ0v) is 19.1. The van der Waals surface area contributed by atoms with Gasteiger partial charge in [-0.3, -0.25) is 20.4 Å². The lowest BCUT2D eigenvalue weighted by atomic mass is 10.1. The average Bonchev–Trinajstić information content (AvgIpc) is 2.72. The second-order valence-electron chi connectivity index (χ2n) is 6.51. The van der Waals surface area contributed by atoms with E-state index in [1.807, 2.05) is 13.8 Å². The number of halogens is 1. The van der Waals surface area contributed by atoms with E-state index in [9.17, 15) is 9.59 Å². The van der Waals surface area contributed by atoms with E-state index in [-0.39, 0.29) is 12.5 Å². The Morgan fingerprint density at radius 1 is 0.900 bits per heavy atom. The minimum Gasteiger partial charge on any atom is -0.493 e. The van der Waals surface area contributed by atoms with Gasteiger partial charge in [0.05, 0.1) is 33.9 Å². The van der Waals surface area contributed by atoms with E-state index in [1.165, 1.54) is 21.3 Å². The molecule has 162 valence electrons. The van der Waals surface area contributed by atoms with Crippen molar-refractivity contribution in [3.05, 3.63) is 45.9 Å². The fraction of sp³-hybridized carbons (Fsp3) is 0.333. The molecule has 0 unspecified atom stereocenters. The van der Waals surface area contributed by atoms with E-state index in [2.05, 4.69) is 26.8 Å². The molecule has 0 heterocycles. The van der Waals surface area contributed by atoms with Crippen molar-refractivity contribution < 1.29 is 28.5 Å². The normalized spacial score (nSPS) is 10.4. The van der Waals surface area contributed by atoms with Gasteiger partial charge in [0, 0.05) is 10.0 Å². The van der Waals surface area contributed by atoms with Crippen LogP contribution in [0.1, 0.15) is 29.8 Å². The van der Waals surface area contributed by atoms with E-state index in [0.717, 1.165) is 0 Å². The molecule has 0 bridgehead atoms. The first-order valence-corrected chi connectivity index (χ1v) is 9.92. The molecule has 0 saturated carbocycles. The van der Waals surface area contributed by atoms with Crippen LogP contribution in [0.2, 0.25) is 0 Å². The SMILES string of the molecule is COc1cc(Br)c(CC(=O)NNC(=O)c2ccc(OC(C)C)c(OC)c2)cc1OC. The number of hydrogen-bond donors (Lipinski definition) is 2. The summed E-state index contributed by atoms with van der Waals surface area (Å²) in [6.45, 7) is 3.79. The minimum atomic E-state index is -0.482. The molecule has 0 aliphatic carbocycles. The Balaban J connectivity index is 2.02. The van der Waals surface area contributed by atoms with E-state index in [0.29, 0.717) is 38.6 Å². The third-order valence-corrected chi connectivity index (χ3v) is 4.75. The van der Waals surface area contributed by atoms with Crippen LogP contribution in [0.25, 0.3) is 0 Å². The number of carbonyl (C=O) groups excluding carboxylic acids is 2. The van der Waals surface area contributed by atoms with Crippen molar-refractivity contribution in [3.8, 4) is 23.0 Å². The van der Waals surface area contributed by atoms with Gasteiger partial charge in [0.25, 0.3) is 5.91 Å². The predicted octanol–water partition coefficient (Wildman–Crippen LogP) is 3.27. The van der Waals surface area contributed by atoms with Crippen molar-refractivity contribution in [3.63, 3.8) is 0 Å². The second kappa shape index (κ2) is 10.7. The summed E-state index contributed by atoms with van der Waals surface area (Å²) in [7, 11) is 4.54. The highest BCUT2D eigenvalue weighted by Crippen LogP contribution is 2.33. The maximum atomic E-state index is 12.4. The number of hydrogen-bond acceptors (Lipinski definition) is 6. The van der Waals surface area contributed by atoms with Gasteiger partial charge in [-0.25, -0.2) is 0 Å². The molecule has 0 saturated heterocycles. The van der Waals surface area contributed by atoms with Gasteiger partial charge >= 0.3 is 0 Å². The molecule has 9 heteroatoms. The standard InChI is InChI=1S/C21H25BrN2O6/c1-12(2)30-16-7-6-13(8-17(16)27-3)21(26)24-23-20(25)10-14-9-18(28-4)19(29-5)11-15(14)22/h6-9,11-12H,10H2,1-5H3,(H,23,25)(H,24,26). The minimum absolute atomic E-state index is 0.0195. The van der Waals surface area contributed by atoms with Crippen LogP contribution in [0.3, 0.4) is 0 Å². The summed E-state index contributed by atoms with van der Waals surface area (Å²) in [5, 5.41) is 0. The van der Waals surface area contributed by atoms with Crippen molar-refractivity contribution in [1.82, 2.24) is 10.9 Å². The highest BCUT2D eigenvalue weighted by molar-refractivity contribution is 9.10. The molecule has 2 amide bonds. The molecular formula is C21H25BrN2O6. The number of hydrazine groups is 1. The molecule has 0 aliphatic heterocycles. The topological polar surface area (TPSA) is 95.1 Å².